The molecule has 100 valence electrons. The van der Waals surface area contributed by atoms with Gasteiger partial charge in [-0.1, -0.05) is 12.1 Å². The first-order valence-electron chi connectivity index (χ1n) is 6.71. The Labute approximate surface area is 127 Å². The molecule has 1 fully saturated rings. The van der Waals surface area contributed by atoms with Crippen LogP contribution in [0.15, 0.2) is 36.7 Å². The molecule has 3 nitrogen and oxygen atoms in total. The van der Waals surface area contributed by atoms with Crippen LogP contribution in [0.3, 0.4) is 0 Å². The Balaban J connectivity index is 1.72. The van der Waals surface area contributed by atoms with Gasteiger partial charge in [-0.2, -0.15) is 5.10 Å². The van der Waals surface area contributed by atoms with Crippen LogP contribution in [0.4, 0.5) is 0 Å². The summed E-state index contributed by atoms with van der Waals surface area (Å²) in [5.41, 5.74) is 2.40. The van der Waals surface area contributed by atoms with Crippen LogP contribution in [0.1, 0.15) is 19.3 Å². The van der Waals surface area contributed by atoms with Gasteiger partial charge in [-0.25, -0.2) is 0 Å². The number of benzene rings is 1. The Hall–Kier alpha value is -0.880. The molecule has 0 N–H and O–H groups in total. The molecule has 1 aromatic carbocycles. The zero-order valence-electron chi connectivity index (χ0n) is 10.8. The van der Waals surface area contributed by atoms with Gasteiger partial charge in [-0.3, -0.25) is 4.68 Å². The van der Waals surface area contributed by atoms with E-state index in [0.29, 0.717) is 6.10 Å². The Kier molecular flexibility index (Phi) is 4.18. The number of hydrogen-bond acceptors (Lipinski definition) is 2. The van der Waals surface area contributed by atoms with Gasteiger partial charge in [0.2, 0.25) is 0 Å². The van der Waals surface area contributed by atoms with Gasteiger partial charge in [0.15, 0.2) is 0 Å². The van der Waals surface area contributed by atoms with Gasteiger partial charge >= 0.3 is 0 Å². The quantitative estimate of drug-likeness (QED) is 0.773. The summed E-state index contributed by atoms with van der Waals surface area (Å²) in [6, 6.07) is 8.49. The molecule has 4 heteroatoms. The zero-order chi connectivity index (χ0) is 13.1. The molecule has 0 spiro atoms. The molecule has 0 amide bonds. The monoisotopic (exact) mass is 368 g/mol. The summed E-state index contributed by atoms with van der Waals surface area (Å²) in [7, 11) is 0. The van der Waals surface area contributed by atoms with Crippen molar-refractivity contribution in [2.24, 2.45) is 0 Å². The third-order valence-electron chi connectivity index (χ3n) is 3.46. The number of rotatable bonds is 3. The fourth-order valence-corrected chi connectivity index (χ4v) is 2.98. The lowest BCUT2D eigenvalue weighted by molar-refractivity contribution is 0.00400. The second kappa shape index (κ2) is 6.05. The first kappa shape index (κ1) is 13.1. The van der Waals surface area contributed by atoms with Crippen LogP contribution in [-0.2, 0) is 11.3 Å². The minimum atomic E-state index is 0.331. The van der Waals surface area contributed by atoms with Crippen LogP contribution in [0.25, 0.3) is 11.1 Å². The summed E-state index contributed by atoms with van der Waals surface area (Å²) in [6.07, 6.45) is 8.01. The molecule has 2 heterocycles. The number of ether oxygens (including phenoxy) is 1. The smallest absolute Gasteiger partial charge is 0.0770 e. The minimum absolute atomic E-state index is 0.331. The molecule has 0 radical (unpaired) electrons. The highest BCUT2D eigenvalue weighted by molar-refractivity contribution is 14.1. The van der Waals surface area contributed by atoms with Crippen molar-refractivity contribution >= 4 is 22.6 Å². The van der Waals surface area contributed by atoms with Gasteiger partial charge in [0.1, 0.15) is 0 Å². The average Bonchev–Trinajstić information content (AvgIpc) is 2.88. The van der Waals surface area contributed by atoms with Crippen molar-refractivity contribution in [3.63, 3.8) is 0 Å². The average molecular weight is 368 g/mol. The van der Waals surface area contributed by atoms with E-state index >= 15 is 0 Å². The normalized spacial score (nSPS) is 19.5. The minimum Gasteiger partial charge on any atom is -0.376 e. The van der Waals surface area contributed by atoms with Crippen LogP contribution < -0.4 is 0 Å². The van der Waals surface area contributed by atoms with Gasteiger partial charge in [-0.05, 0) is 59.5 Å². The van der Waals surface area contributed by atoms with Crippen molar-refractivity contribution in [1.82, 2.24) is 9.78 Å². The van der Waals surface area contributed by atoms with Crippen molar-refractivity contribution in [3.8, 4) is 11.1 Å². The SMILES string of the molecule is Ic1cccc(-c2cnn(CC3CCCCO3)c2)c1. The molecule has 1 aromatic heterocycles. The van der Waals surface area contributed by atoms with Gasteiger partial charge in [0.25, 0.3) is 0 Å². The maximum Gasteiger partial charge on any atom is 0.0770 e. The molecule has 19 heavy (non-hydrogen) atoms. The highest BCUT2D eigenvalue weighted by Crippen LogP contribution is 2.21. The van der Waals surface area contributed by atoms with Crippen molar-refractivity contribution in [1.29, 1.82) is 0 Å². The van der Waals surface area contributed by atoms with Crippen LogP contribution >= 0.6 is 22.6 Å². The van der Waals surface area contributed by atoms with E-state index < -0.39 is 0 Å². The Morgan fingerprint density at radius 1 is 1.32 bits per heavy atom. The lowest BCUT2D eigenvalue weighted by Gasteiger charge is -2.22. The highest BCUT2D eigenvalue weighted by atomic mass is 127. The molecule has 1 aliphatic rings. The van der Waals surface area contributed by atoms with E-state index in [-0.39, 0.29) is 0 Å². The largest absolute Gasteiger partial charge is 0.376 e. The topological polar surface area (TPSA) is 27.1 Å². The molecule has 0 saturated carbocycles. The van der Waals surface area contributed by atoms with Crippen molar-refractivity contribution in [3.05, 3.63) is 40.2 Å². The molecule has 2 aromatic rings. The third kappa shape index (κ3) is 3.36. The molecule has 3 rings (SSSR count). The standard InChI is InChI=1S/C15H17IN2O/c16-14-5-3-4-12(8-14)13-9-17-18(10-13)11-15-6-1-2-7-19-15/h3-5,8-10,15H,1-2,6-7,11H2. The summed E-state index contributed by atoms with van der Waals surface area (Å²) in [5, 5.41) is 4.45. The van der Waals surface area contributed by atoms with E-state index in [2.05, 4.69) is 58.2 Å². The van der Waals surface area contributed by atoms with E-state index in [9.17, 15) is 0 Å². The van der Waals surface area contributed by atoms with Gasteiger partial charge in [-0.15, -0.1) is 0 Å². The number of nitrogens with zero attached hydrogens (tertiary/aromatic N) is 2. The molecule has 0 bridgehead atoms. The Morgan fingerprint density at radius 2 is 2.26 bits per heavy atom. The summed E-state index contributed by atoms with van der Waals surface area (Å²) in [4.78, 5) is 0. The number of halogens is 1. The van der Waals surface area contributed by atoms with E-state index in [4.69, 9.17) is 4.74 Å². The summed E-state index contributed by atoms with van der Waals surface area (Å²) >= 11 is 2.34. The predicted molar refractivity (Wildman–Crippen MR) is 84.0 cm³/mol. The van der Waals surface area contributed by atoms with Crippen molar-refractivity contribution < 1.29 is 4.74 Å². The van der Waals surface area contributed by atoms with Crippen LogP contribution in [0.5, 0.6) is 0 Å². The van der Waals surface area contributed by atoms with Gasteiger partial charge in [0.05, 0.1) is 18.8 Å². The van der Waals surface area contributed by atoms with Crippen LogP contribution in [0, 0.1) is 3.57 Å². The molecule has 1 aliphatic heterocycles. The lowest BCUT2D eigenvalue weighted by atomic mass is 10.1. The highest BCUT2D eigenvalue weighted by Gasteiger charge is 2.15. The van der Waals surface area contributed by atoms with Crippen LogP contribution in [-0.4, -0.2) is 22.5 Å². The molecule has 1 saturated heterocycles. The maximum absolute atomic E-state index is 5.75. The number of hydrogen-bond donors (Lipinski definition) is 0. The van der Waals surface area contributed by atoms with E-state index in [1.165, 1.54) is 27.5 Å². The number of aromatic nitrogens is 2. The Morgan fingerprint density at radius 3 is 3.05 bits per heavy atom. The summed E-state index contributed by atoms with van der Waals surface area (Å²) in [6.45, 7) is 1.76. The molecule has 0 aliphatic carbocycles. The summed E-state index contributed by atoms with van der Waals surface area (Å²) < 4.78 is 9.01. The first-order chi connectivity index (χ1) is 9.31. The first-order valence-corrected chi connectivity index (χ1v) is 7.79. The zero-order valence-corrected chi connectivity index (χ0v) is 12.9. The van der Waals surface area contributed by atoms with E-state index in [1.54, 1.807) is 0 Å². The third-order valence-corrected chi connectivity index (χ3v) is 4.13. The molecule has 1 atom stereocenters. The van der Waals surface area contributed by atoms with E-state index in [1.807, 2.05) is 10.9 Å². The second-order valence-electron chi connectivity index (χ2n) is 4.95. The van der Waals surface area contributed by atoms with E-state index in [0.717, 1.165) is 19.6 Å². The fraction of sp³-hybridized carbons (Fsp3) is 0.400. The Bertz CT molecular complexity index is 547. The lowest BCUT2D eigenvalue weighted by Crippen LogP contribution is -2.24. The van der Waals surface area contributed by atoms with Crippen molar-refractivity contribution in [2.45, 2.75) is 31.9 Å². The van der Waals surface area contributed by atoms with Crippen LogP contribution in [0.2, 0.25) is 0 Å². The predicted octanol–water partition coefficient (Wildman–Crippen LogP) is 3.72. The maximum atomic E-state index is 5.75. The molecule has 1 unspecified atom stereocenters. The van der Waals surface area contributed by atoms with Gasteiger partial charge < -0.3 is 4.74 Å². The fourth-order valence-electron chi connectivity index (χ4n) is 2.44. The van der Waals surface area contributed by atoms with Gasteiger partial charge in [0, 0.05) is 21.9 Å². The molecular weight excluding hydrogens is 351 g/mol. The summed E-state index contributed by atoms with van der Waals surface area (Å²) in [5.74, 6) is 0. The van der Waals surface area contributed by atoms with Crippen molar-refractivity contribution in [2.75, 3.05) is 6.61 Å². The molecular formula is C15H17IN2O. The second-order valence-corrected chi connectivity index (χ2v) is 6.20.